The second-order valence-electron chi connectivity index (χ2n) is 7.76. The Hall–Kier alpha value is -3.48. The summed E-state index contributed by atoms with van der Waals surface area (Å²) in [6, 6.07) is 14.5. The topological polar surface area (TPSA) is 68.3 Å². The Balaban J connectivity index is 1.57. The van der Waals surface area contributed by atoms with Crippen molar-refractivity contribution in [2.75, 3.05) is 40.5 Å². The average Bonchev–Trinajstić information content (AvgIpc) is 3.09. The van der Waals surface area contributed by atoms with Gasteiger partial charge in [-0.25, -0.2) is 0 Å². The summed E-state index contributed by atoms with van der Waals surface area (Å²) in [5, 5.41) is 0. The summed E-state index contributed by atoms with van der Waals surface area (Å²) in [6.45, 7) is 1.91. The molecule has 2 aliphatic heterocycles. The van der Waals surface area contributed by atoms with Crippen LogP contribution in [0.3, 0.4) is 0 Å². The van der Waals surface area contributed by atoms with Crippen LogP contribution in [0, 0.1) is 0 Å². The molecule has 2 aliphatic rings. The van der Waals surface area contributed by atoms with Crippen molar-refractivity contribution in [3.05, 3.63) is 59.8 Å². The summed E-state index contributed by atoms with van der Waals surface area (Å²) in [7, 11) is 3.17. The monoisotopic (exact) mass is 436 g/mol. The number of imide groups is 1. The molecule has 2 aromatic rings. The highest BCUT2D eigenvalue weighted by Crippen LogP contribution is 2.37. The molecule has 7 heteroatoms. The summed E-state index contributed by atoms with van der Waals surface area (Å²) in [5.74, 6) is 1.39. The molecule has 0 N–H and O–H groups in total. The van der Waals surface area contributed by atoms with Gasteiger partial charge in [-0.15, -0.1) is 0 Å². The molecule has 1 fully saturated rings. The Kier molecular flexibility index (Phi) is 6.63. The van der Waals surface area contributed by atoms with Crippen LogP contribution in [0.1, 0.15) is 24.8 Å². The zero-order valence-electron chi connectivity index (χ0n) is 18.5. The van der Waals surface area contributed by atoms with Crippen molar-refractivity contribution in [3.8, 4) is 17.2 Å². The van der Waals surface area contributed by atoms with Crippen molar-refractivity contribution in [1.29, 1.82) is 0 Å². The van der Waals surface area contributed by atoms with E-state index in [2.05, 4.69) is 4.90 Å². The molecule has 1 saturated heterocycles. The van der Waals surface area contributed by atoms with Crippen LogP contribution in [-0.2, 0) is 9.59 Å². The molecule has 168 valence electrons. The first kappa shape index (κ1) is 21.7. The first-order valence-electron chi connectivity index (χ1n) is 10.9. The van der Waals surface area contributed by atoms with E-state index in [4.69, 9.17) is 14.2 Å². The molecule has 0 saturated carbocycles. The third-order valence-corrected chi connectivity index (χ3v) is 5.84. The standard InChI is InChI=1S/C25H28N2O5/c1-30-18-10-12-19(13-11-18)32-17-16-27-24(28)22(20-8-4-5-9-21(20)31-2)23(25(27)29)26-14-6-3-7-15-26/h4-5,8-13H,3,6-7,14-17H2,1-2H3. The summed E-state index contributed by atoms with van der Waals surface area (Å²) in [5.41, 5.74) is 1.54. The normalized spacial score (nSPS) is 16.6. The fourth-order valence-electron chi connectivity index (χ4n) is 4.20. The van der Waals surface area contributed by atoms with Gasteiger partial charge < -0.3 is 19.1 Å². The van der Waals surface area contributed by atoms with Crippen LogP contribution in [0.15, 0.2) is 54.2 Å². The maximum atomic E-state index is 13.5. The lowest BCUT2D eigenvalue weighted by Crippen LogP contribution is -2.39. The molecule has 4 rings (SSSR count). The number of amides is 2. The molecule has 0 aromatic heterocycles. The molecular weight excluding hydrogens is 408 g/mol. The lowest BCUT2D eigenvalue weighted by Gasteiger charge is -2.29. The van der Waals surface area contributed by atoms with Crippen molar-refractivity contribution in [3.63, 3.8) is 0 Å². The number of hydrogen-bond donors (Lipinski definition) is 0. The molecule has 2 amide bonds. The molecule has 2 aromatic carbocycles. The van der Waals surface area contributed by atoms with Crippen LogP contribution >= 0.6 is 0 Å². The highest BCUT2D eigenvalue weighted by atomic mass is 16.5. The Bertz CT molecular complexity index is 1010. The van der Waals surface area contributed by atoms with Crippen LogP contribution in [-0.4, -0.2) is 62.1 Å². The van der Waals surface area contributed by atoms with E-state index in [0.717, 1.165) is 38.1 Å². The van der Waals surface area contributed by atoms with Gasteiger partial charge in [-0.1, -0.05) is 18.2 Å². The number of nitrogens with zero attached hydrogens (tertiary/aromatic N) is 2. The van der Waals surface area contributed by atoms with E-state index < -0.39 is 0 Å². The van der Waals surface area contributed by atoms with E-state index in [1.807, 2.05) is 24.3 Å². The molecule has 7 nitrogen and oxygen atoms in total. The molecule has 0 radical (unpaired) electrons. The smallest absolute Gasteiger partial charge is 0.277 e. The number of carbonyl (C=O) groups is 2. The lowest BCUT2D eigenvalue weighted by molar-refractivity contribution is -0.138. The predicted molar refractivity (Wildman–Crippen MR) is 121 cm³/mol. The van der Waals surface area contributed by atoms with E-state index in [0.29, 0.717) is 28.3 Å². The van der Waals surface area contributed by atoms with Gasteiger partial charge in [-0.3, -0.25) is 14.5 Å². The number of hydrogen-bond acceptors (Lipinski definition) is 6. The summed E-state index contributed by atoms with van der Waals surface area (Å²) < 4.78 is 16.4. The SMILES string of the molecule is COc1ccc(OCCN2C(=O)C(c3ccccc3OC)=C(N3CCCCC3)C2=O)cc1. The van der Waals surface area contributed by atoms with Gasteiger partial charge in [0.25, 0.3) is 11.8 Å². The van der Waals surface area contributed by atoms with Crippen LogP contribution in [0.25, 0.3) is 5.57 Å². The fourth-order valence-corrected chi connectivity index (χ4v) is 4.20. The number of methoxy groups -OCH3 is 2. The van der Waals surface area contributed by atoms with Gasteiger partial charge in [0.05, 0.1) is 26.3 Å². The number of piperidine rings is 1. The maximum Gasteiger partial charge on any atom is 0.277 e. The number of rotatable bonds is 8. The van der Waals surface area contributed by atoms with E-state index >= 15 is 0 Å². The third kappa shape index (κ3) is 4.28. The van der Waals surface area contributed by atoms with E-state index in [1.54, 1.807) is 38.5 Å². The van der Waals surface area contributed by atoms with E-state index in [-0.39, 0.29) is 25.0 Å². The molecule has 0 spiro atoms. The van der Waals surface area contributed by atoms with Crippen LogP contribution in [0.5, 0.6) is 17.2 Å². The minimum absolute atomic E-state index is 0.166. The first-order chi connectivity index (χ1) is 15.6. The Morgan fingerprint density at radius 3 is 2.19 bits per heavy atom. The van der Waals surface area contributed by atoms with Crippen molar-refractivity contribution >= 4 is 17.4 Å². The zero-order valence-corrected chi connectivity index (χ0v) is 18.5. The van der Waals surface area contributed by atoms with Gasteiger partial charge in [0.2, 0.25) is 0 Å². The Morgan fingerprint density at radius 2 is 1.50 bits per heavy atom. The Morgan fingerprint density at radius 1 is 0.812 bits per heavy atom. The van der Waals surface area contributed by atoms with Gasteiger partial charge in [0.1, 0.15) is 29.6 Å². The second kappa shape index (κ2) is 9.77. The number of benzene rings is 2. The minimum atomic E-state index is -0.307. The Labute approximate surface area is 188 Å². The van der Waals surface area contributed by atoms with Crippen LogP contribution in [0.4, 0.5) is 0 Å². The number of likely N-dealkylation sites (tertiary alicyclic amines) is 1. The van der Waals surface area contributed by atoms with E-state index in [1.165, 1.54) is 4.90 Å². The quantitative estimate of drug-likeness (QED) is 0.591. The van der Waals surface area contributed by atoms with Crippen LogP contribution < -0.4 is 14.2 Å². The lowest BCUT2D eigenvalue weighted by atomic mass is 10.0. The summed E-state index contributed by atoms with van der Waals surface area (Å²) >= 11 is 0. The van der Waals surface area contributed by atoms with Crippen molar-refractivity contribution in [2.24, 2.45) is 0 Å². The second-order valence-corrected chi connectivity index (χ2v) is 7.76. The summed E-state index contributed by atoms with van der Waals surface area (Å²) in [6.07, 6.45) is 3.14. The molecule has 32 heavy (non-hydrogen) atoms. The van der Waals surface area contributed by atoms with Gasteiger partial charge in [-0.05, 0) is 49.6 Å². The number of para-hydroxylation sites is 1. The number of carbonyl (C=O) groups excluding carboxylic acids is 2. The minimum Gasteiger partial charge on any atom is -0.497 e. The van der Waals surface area contributed by atoms with E-state index in [9.17, 15) is 9.59 Å². The molecule has 0 atom stereocenters. The highest BCUT2D eigenvalue weighted by molar-refractivity contribution is 6.36. The van der Waals surface area contributed by atoms with Crippen LogP contribution in [0.2, 0.25) is 0 Å². The average molecular weight is 437 g/mol. The van der Waals surface area contributed by atoms with Gasteiger partial charge in [-0.2, -0.15) is 0 Å². The predicted octanol–water partition coefficient (Wildman–Crippen LogP) is 3.35. The number of ether oxygens (including phenoxy) is 3. The fraction of sp³-hybridized carbons (Fsp3) is 0.360. The molecule has 0 unspecified atom stereocenters. The molecule has 0 bridgehead atoms. The molecule has 2 heterocycles. The highest BCUT2D eigenvalue weighted by Gasteiger charge is 2.42. The van der Waals surface area contributed by atoms with Gasteiger partial charge in [0, 0.05) is 18.7 Å². The summed E-state index contributed by atoms with van der Waals surface area (Å²) in [4.78, 5) is 30.2. The molecular formula is C25H28N2O5. The van der Waals surface area contributed by atoms with Gasteiger partial charge >= 0.3 is 0 Å². The van der Waals surface area contributed by atoms with Crippen molar-refractivity contribution in [2.45, 2.75) is 19.3 Å². The van der Waals surface area contributed by atoms with Gasteiger partial charge in [0.15, 0.2) is 0 Å². The van der Waals surface area contributed by atoms with Crippen molar-refractivity contribution in [1.82, 2.24) is 9.80 Å². The zero-order chi connectivity index (χ0) is 22.5. The van der Waals surface area contributed by atoms with Crippen molar-refractivity contribution < 1.29 is 23.8 Å². The third-order valence-electron chi connectivity index (χ3n) is 5.84. The largest absolute Gasteiger partial charge is 0.497 e. The maximum absolute atomic E-state index is 13.5. The first-order valence-corrected chi connectivity index (χ1v) is 10.9. The molecule has 0 aliphatic carbocycles.